The van der Waals surface area contributed by atoms with Gasteiger partial charge < -0.3 is 32.4 Å². The summed E-state index contributed by atoms with van der Waals surface area (Å²) < 4.78 is 53.1. The molecule has 2 amide bonds. The maximum Gasteiger partial charge on any atom is 0.416 e. The summed E-state index contributed by atoms with van der Waals surface area (Å²) in [4.78, 5) is 40.1. The average molecular weight is 595 g/mol. The second-order valence-electron chi connectivity index (χ2n) is 10.1. The summed E-state index contributed by atoms with van der Waals surface area (Å²) >= 11 is 0. The molecule has 0 spiro atoms. The first-order valence-corrected chi connectivity index (χ1v) is 13.7. The quantitative estimate of drug-likeness (QED) is 0.141. The minimum atomic E-state index is -4.49. The van der Waals surface area contributed by atoms with E-state index >= 15 is 0 Å². The Kier molecular flexibility index (Phi) is 13.6. The summed E-state index contributed by atoms with van der Waals surface area (Å²) in [5.41, 5.74) is 17.2. The molecule has 0 aliphatic carbocycles. The number of carbonyl (C=O) groups excluding carboxylic acids is 3. The van der Waals surface area contributed by atoms with Gasteiger partial charge in [0.25, 0.3) is 0 Å². The van der Waals surface area contributed by atoms with Gasteiger partial charge in [-0.15, -0.1) is 0 Å². The van der Waals surface area contributed by atoms with E-state index in [0.717, 1.165) is 18.2 Å². The van der Waals surface area contributed by atoms with E-state index in [1.54, 1.807) is 0 Å². The summed E-state index contributed by atoms with van der Waals surface area (Å²) in [6, 6.07) is 6.21. The maximum absolute atomic E-state index is 14.4. The number of aryl methyl sites for hydroxylation is 1. The molecule has 230 valence electrons. The van der Waals surface area contributed by atoms with E-state index in [9.17, 15) is 37.0 Å². The molecule has 0 aromatic heterocycles. The van der Waals surface area contributed by atoms with Gasteiger partial charge in [-0.05, 0) is 54.1 Å². The fourth-order valence-corrected chi connectivity index (χ4v) is 4.35. The lowest BCUT2D eigenvalue weighted by Crippen LogP contribution is -2.49. The summed E-state index contributed by atoms with van der Waals surface area (Å²) in [5, 5.41) is 12.3. The zero-order valence-corrected chi connectivity index (χ0v) is 23.5. The molecule has 0 saturated heterocycles. The Morgan fingerprint density at radius 1 is 1.00 bits per heavy atom. The molecule has 0 bridgehead atoms. The van der Waals surface area contributed by atoms with E-state index in [2.05, 4.69) is 5.32 Å². The Bertz CT molecular complexity index is 1190. The van der Waals surface area contributed by atoms with Crippen molar-refractivity contribution >= 4 is 30.0 Å². The molecule has 9 nitrogen and oxygen atoms in total. The number of hydrogen-bond acceptors (Lipinski definition) is 7. The molecule has 0 aliphatic heterocycles. The first-order valence-electron chi connectivity index (χ1n) is 13.7. The first-order chi connectivity index (χ1) is 19.8. The van der Waals surface area contributed by atoms with E-state index in [4.69, 9.17) is 17.2 Å². The van der Waals surface area contributed by atoms with Crippen LogP contribution in [0, 0.1) is 5.82 Å². The molecule has 2 rings (SSSR count). The van der Waals surface area contributed by atoms with Crippen LogP contribution in [0.4, 0.5) is 17.6 Å². The third-order valence-electron chi connectivity index (χ3n) is 6.76. The Morgan fingerprint density at radius 2 is 1.60 bits per heavy atom. The minimum absolute atomic E-state index is 0.0118. The predicted octanol–water partition coefficient (Wildman–Crippen LogP) is 0.748. The fraction of sp³-hybridized carbons (Fsp3) is 0.464. The van der Waals surface area contributed by atoms with E-state index < -0.39 is 48.2 Å². The molecule has 0 unspecified atom stereocenters. The highest BCUT2D eigenvalue weighted by Crippen LogP contribution is 2.29. The van der Waals surface area contributed by atoms with Gasteiger partial charge in [-0.3, -0.25) is 14.4 Å². The number of rotatable bonds is 16. The number of ketones is 1. The fourth-order valence-electron chi connectivity index (χ4n) is 4.35. The number of halogens is 4. The van der Waals surface area contributed by atoms with Crippen LogP contribution in [0.3, 0.4) is 0 Å². The van der Waals surface area contributed by atoms with Gasteiger partial charge in [-0.1, -0.05) is 31.1 Å². The van der Waals surface area contributed by atoms with Crippen LogP contribution in [-0.2, 0) is 33.4 Å². The SMILES string of the molecule is CB(O)c1ccc(CC(=O)[C@@H](CCc2ccc(C(F)(F)F)cc2)NC(=O)[C@@H](N)CCC(=O)N(CCN)CCN)cc1F. The van der Waals surface area contributed by atoms with Crippen molar-refractivity contribution < 1.29 is 37.0 Å². The number of hydrogen-bond donors (Lipinski definition) is 5. The van der Waals surface area contributed by atoms with Gasteiger partial charge in [0.05, 0.1) is 17.6 Å². The molecule has 2 aromatic carbocycles. The second kappa shape index (κ2) is 16.3. The Labute approximate surface area is 242 Å². The van der Waals surface area contributed by atoms with Crippen molar-refractivity contribution in [3.63, 3.8) is 0 Å². The molecule has 0 saturated carbocycles. The lowest BCUT2D eigenvalue weighted by molar-refractivity contribution is -0.137. The van der Waals surface area contributed by atoms with Crippen molar-refractivity contribution in [1.29, 1.82) is 0 Å². The number of amides is 2. The van der Waals surface area contributed by atoms with Crippen LogP contribution in [0.5, 0.6) is 0 Å². The van der Waals surface area contributed by atoms with Gasteiger partial charge in [-0.25, -0.2) is 4.39 Å². The summed E-state index contributed by atoms with van der Waals surface area (Å²) in [6.45, 7) is 1.45. The number of nitrogens with one attached hydrogen (secondary N) is 1. The van der Waals surface area contributed by atoms with E-state index in [-0.39, 0.29) is 56.6 Å². The van der Waals surface area contributed by atoms with Crippen LogP contribution >= 0.6 is 0 Å². The van der Waals surface area contributed by atoms with Gasteiger partial charge in [0.2, 0.25) is 11.8 Å². The van der Waals surface area contributed by atoms with E-state index in [1.807, 2.05) is 0 Å². The molecule has 2 aromatic rings. The number of benzene rings is 2. The van der Waals surface area contributed by atoms with Crippen LogP contribution in [0.25, 0.3) is 0 Å². The Hall–Kier alpha value is -3.33. The normalized spacial score (nSPS) is 12.9. The van der Waals surface area contributed by atoms with Crippen LogP contribution in [0.2, 0.25) is 6.82 Å². The summed E-state index contributed by atoms with van der Waals surface area (Å²) in [6.07, 6.45) is -4.61. The van der Waals surface area contributed by atoms with Gasteiger partial charge in [-0.2, -0.15) is 13.2 Å². The topological polar surface area (TPSA) is 165 Å². The highest BCUT2D eigenvalue weighted by atomic mass is 19.4. The molecular weight excluding hydrogens is 557 g/mol. The zero-order chi connectivity index (χ0) is 31.4. The predicted molar refractivity (Wildman–Crippen MR) is 152 cm³/mol. The van der Waals surface area contributed by atoms with Crippen molar-refractivity contribution in [2.75, 3.05) is 26.2 Å². The average Bonchev–Trinajstić information content (AvgIpc) is 2.93. The van der Waals surface area contributed by atoms with Crippen molar-refractivity contribution in [3.8, 4) is 0 Å². The lowest BCUT2D eigenvalue weighted by atomic mass is 9.64. The van der Waals surface area contributed by atoms with Gasteiger partial charge >= 0.3 is 13.1 Å². The van der Waals surface area contributed by atoms with E-state index in [0.29, 0.717) is 24.2 Å². The van der Waals surface area contributed by atoms with Crippen molar-refractivity contribution in [3.05, 3.63) is 65.0 Å². The monoisotopic (exact) mass is 595 g/mol. The Morgan fingerprint density at radius 3 is 2.12 bits per heavy atom. The zero-order valence-electron chi connectivity index (χ0n) is 23.5. The van der Waals surface area contributed by atoms with Crippen LogP contribution in [0.15, 0.2) is 42.5 Å². The molecule has 0 heterocycles. The second-order valence-corrected chi connectivity index (χ2v) is 10.1. The third kappa shape index (κ3) is 10.8. The number of nitrogens with zero attached hydrogens (tertiary/aromatic N) is 1. The van der Waals surface area contributed by atoms with Gasteiger partial charge in [0, 0.05) is 39.0 Å². The van der Waals surface area contributed by atoms with Crippen molar-refractivity contribution in [1.82, 2.24) is 10.2 Å². The molecule has 0 fully saturated rings. The van der Waals surface area contributed by atoms with Crippen LogP contribution in [0.1, 0.15) is 36.0 Å². The van der Waals surface area contributed by atoms with Crippen LogP contribution < -0.4 is 28.0 Å². The van der Waals surface area contributed by atoms with Crippen molar-refractivity contribution in [2.24, 2.45) is 17.2 Å². The van der Waals surface area contributed by atoms with Crippen molar-refractivity contribution in [2.45, 2.75) is 57.2 Å². The standard InChI is InChI=1S/C28H38BF4N5O4/c1-29(42)21-8-4-19(16-22(21)30)17-25(39)24(10-5-18-2-6-20(7-3-18)28(31,32)33)37-27(41)23(36)9-11-26(40)38(14-12-34)15-13-35/h2-4,6-8,16,23-24,42H,5,9-15,17,34-36H2,1H3,(H,37,41)/t23-,24+/m0/s1. The summed E-state index contributed by atoms with van der Waals surface area (Å²) in [7, 11) is 0. The molecule has 0 aliphatic rings. The number of carbonyl (C=O) groups is 3. The lowest BCUT2D eigenvalue weighted by Gasteiger charge is -2.23. The number of Topliss-reactive ketones (excluding diaryl/α,β-unsaturated/α-hetero) is 1. The molecule has 14 heteroatoms. The smallest absolute Gasteiger partial charge is 0.416 e. The molecule has 42 heavy (non-hydrogen) atoms. The first kappa shape index (κ1) is 34.9. The number of alkyl halides is 3. The van der Waals surface area contributed by atoms with E-state index in [1.165, 1.54) is 36.0 Å². The minimum Gasteiger partial charge on any atom is -0.446 e. The maximum atomic E-state index is 14.4. The largest absolute Gasteiger partial charge is 0.446 e. The summed E-state index contributed by atoms with van der Waals surface area (Å²) in [5.74, 6) is -2.12. The van der Waals surface area contributed by atoms with Gasteiger partial charge in [0.1, 0.15) is 5.82 Å². The Balaban J connectivity index is 2.14. The molecule has 8 N–H and O–H groups in total. The molecule has 2 atom stereocenters. The molecule has 0 radical (unpaired) electrons. The molecular formula is C28H38BF4N5O4. The number of nitrogens with two attached hydrogens (primary N) is 3. The highest BCUT2D eigenvalue weighted by molar-refractivity contribution is 6.64. The highest BCUT2D eigenvalue weighted by Gasteiger charge is 2.30. The van der Waals surface area contributed by atoms with Crippen LogP contribution in [-0.4, -0.2) is 72.7 Å². The third-order valence-corrected chi connectivity index (χ3v) is 6.76. The van der Waals surface area contributed by atoms with Gasteiger partial charge in [0.15, 0.2) is 5.78 Å².